The fourth-order valence-corrected chi connectivity index (χ4v) is 2.31. The van der Waals surface area contributed by atoms with E-state index in [0.29, 0.717) is 23.6 Å². The Kier molecular flexibility index (Phi) is 3.09. The van der Waals surface area contributed by atoms with Crippen LogP contribution in [-0.4, -0.2) is 50.3 Å². The number of aromatic nitrogens is 3. The van der Waals surface area contributed by atoms with Gasteiger partial charge in [-0.05, 0) is 19.1 Å². The molecule has 3 heterocycles. The van der Waals surface area contributed by atoms with Crippen molar-refractivity contribution in [2.75, 3.05) is 13.2 Å². The highest BCUT2D eigenvalue weighted by molar-refractivity contribution is 5.98. The molecule has 2 aromatic rings. The van der Waals surface area contributed by atoms with E-state index in [9.17, 15) is 14.7 Å². The molecule has 1 atom stereocenters. The lowest BCUT2D eigenvalue weighted by molar-refractivity contribution is -0.144. The van der Waals surface area contributed by atoms with Gasteiger partial charge in [0.25, 0.3) is 5.91 Å². The topological polar surface area (TPSA) is 106 Å². The Bertz CT molecular complexity index is 718. The van der Waals surface area contributed by atoms with Crippen LogP contribution in [0.25, 0.3) is 5.65 Å². The summed E-state index contributed by atoms with van der Waals surface area (Å²) in [7, 11) is 0. The van der Waals surface area contributed by atoms with E-state index in [2.05, 4.69) is 15.5 Å². The smallest absolute Gasteiger partial charge is 0.331 e. The maximum absolute atomic E-state index is 12.3. The molecule has 21 heavy (non-hydrogen) atoms. The number of pyridine rings is 1. The summed E-state index contributed by atoms with van der Waals surface area (Å²) >= 11 is 0. The second-order valence-corrected chi connectivity index (χ2v) is 5.04. The Morgan fingerprint density at radius 3 is 2.90 bits per heavy atom. The number of nitrogens with one attached hydrogen (secondary N) is 1. The van der Waals surface area contributed by atoms with Gasteiger partial charge in [-0.1, -0.05) is 0 Å². The summed E-state index contributed by atoms with van der Waals surface area (Å²) < 4.78 is 6.79. The quantitative estimate of drug-likeness (QED) is 0.825. The van der Waals surface area contributed by atoms with Crippen LogP contribution in [0.15, 0.2) is 18.3 Å². The van der Waals surface area contributed by atoms with Crippen molar-refractivity contribution in [1.82, 2.24) is 19.9 Å². The first-order valence-corrected chi connectivity index (χ1v) is 6.47. The first-order valence-electron chi connectivity index (χ1n) is 6.47. The average molecular weight is 290 g/mol. The summed E-state index contributed by atoms with van der Waals surface area (Å²) in [6.07, 6.45) is 1.84. The molecule has 8 heteroatoms. The monoisotopic (exact) mass is 290 g/mol. The zero-order chi connectivity index (χ0) is 15.0. The van der Waals surface area contributed by atoms with Crippen molar-refractivity contribution in [3.63, 3.8) is 0 Å². The third kappa shape index (κ3) is 2.23. The number of amides is 1. The number of nitrogens with zero attached hydrogens (tertiary/aromatic N) is 3. The molecule has 110 valence electrons. The van der Waals surface area contributed by atoms with Crippen LogP contribution in [-0.2, 0) is 9.53 Å². The van der Waals surface area contributed by atoms with Crippen LogP contribution < -0.4 is 5.32 Å². The fourth-order valence-electron chi connectivity index (χ4n) is 2.31. The number of ether oxygens (including phenoxy) is 1. The number of carbonyl (C=O) groups excluding carboxylic acids is 1. The number of hydrogen-bond donors (Lipinski definition) is 2. The molecule has 0 aromatic carbocycles. The molecule has 1 unspecified atom stereocenters. The third-order valence-corrected chi connectivity index (χ3v) is 3.62. The van der Waals surface area contributed by atoms with E-state index >= 15 is 0 Å². The second-order valence-electron chi connectivity index (χ2n) is 5.04. The maximum Gasteiger partial charge on any atom is 0.331 e. The number of carboxylic acid groups (broad SMARTS) is 1. The summed E-state index contributed by atoms with van der Waals surface area (Å²) in [6.45, 7) is 2.06. The molecule has 1 aliphatic heterocycles. The van der Waals surface area contributed by atoms with Gasteiger partial charge in [-0.25, -0.2) is 4.79 Å². The predicted octanol–water partition coefficient (Wildman–Crippen LogP) is 0.0112. The van der Waals surface area contributed by atoms with E-state index in [4.69, 9.17) is 4.74 Å². The highest BCUT2D eigenvalue weighted by Crippen LogP contribution is 2.20. The molecule has 0 aliphatic carbocycles. The summed E-state index contributed by atoms with van der Waals surface area (Å²) in [5.41, 5.74) is -0.381. The molecule has 0 radical (unpaired) electrons. The fraction of sp³-hybridized carbons (Fsp3) is 0.385. The number of fused-ring (bicyclic) bond motifs is 1. The molecule has 8 nitrogen and oxygen atoms in total. The van der Waals surface area contributed by atoms with Gasteiger partial charge in [0.15, 0.2) is 11.2 Å². The van der Waals surface area contributed by atoms with Gasteiger partial charge in [-0.2, -0.15) is 0 Å². The largest absolute Gasteiger partial charge is 0.479 e. The molecule has 2 aromatic heterocycles. The first-order chi connectivity index (χ1) is 10.0. The Morgan fingerprint density at radius 1 is 1.43 bits per heavy atom. The maximum atomic E-state index is 12.3. The minimum Gasteiger partial charge on any atom is -0.479 e. The lowest BCUT2D eigenvalue weighted by Crippen LogP contribution is -2.55. The molecule has 1 amide bonds. The van der Waals surface area contributed by atoms with Crippen molar-refractivity contribution in [1.29, 1.82) is 0 Å². The average Bonchev–Trinajstić information content (AvgIpc) is 3.07. The molecule has 1 aliphatic rings. The zero-order valence-electron chi connectivity index (χ0n) is 11.4. The molecular formula is C13H14N4O4. The molecular weight excluding hydrogens is 276 g/mol. The van der Waals surface area contributed by atoms with Gasteiger partial charge in [0.2, 0.25) is 0 Å². The predicted molar refractivity (Wildman–Crippen MR) is 71.0 cm³/mol. The summed E-state index contributed by atoms with van der Waals surface area (Å²) in [5, 5.41) is 19.7. The van der Waals surface area contributed by atoms with Crippen LogP contribution in [0.4, 0.5) is 0 Å². The molecule has 0 bridgehead atoms. The summed E-state index contributed by atoms with van der Waals surface area (Å²) in [5.74, 6) is -0.899. The molecule has 1 saturated heterocycles. The Balaban J connectivity index is 1.89. The molecule has 1 fully saturated rings. The molecule has 2 N–H and O–H groups in total. The number of aliphatic carboxylic acids is 1. The van der Waals surface area contributed by atoms with Crippen molar-refractivity contribution < 1.29 is 19.4 Å². The molecule has 3 rings (SSSR count). The number of carbonyl (C=O) groups is 2. The zero-order valence-corrected chi connectivity index (χ0v) is 11.4. The first kappa shape index (κ1) is 13.5. The number of rotatable bonds is 3. The van der Waals surface area contributed by atoms with Gasteiger partial charge in [-0.3, -0.25) is 9.20 Å². The van der Waals surface area contributed by atoms with E-state index in [1.807, 2.05) is 0 Å². The van der Waals surface area contributed by atoms with Crippen LogP contribution in [0, 0.1) is 6.92 Å². The van der Waals surface area contributed by atoms with Crippen LogP contribution >= 0.6 is 0 Å². The standard InChI is InChI=1S/C13H14N4O4/c1-8-15-16-10-3-2-9(6-17(8)10)11(18)14-13(12(19)20)4-5-21-7-13/h2-3,6H,4-5,7H2,1H3,(H,14,18)(H,19,20). The van der Waals surface area contributed by atoms with E-state index < -0.39 is 17.4 Å². The normalized spacial score (nSPS) is 21.6. The number of hydrogen-bond acceptors (Lipinski definition) is 5. The Hall–Kier alpha value is -2.48. The van der Waals surface area contributed by atoms with Crippen LogP contribution in [0.3, 0.4) is 0 Å². The number of aryl methyl sites for hydroxylation is 1. The number of carboxylic acids is 1. The Morgan fingerprint density at radius 2 is 2.24 bits per heavy atom. The van der Waals surface area contributed by atoms with Gasteiger partial charge in [0, 0.05) is 19.2 Å². The van der Waals surface area contributed by atoms with Crippen molar-refractivity contribution in [3.8, 4) is 0 Å². The molecule has 0 saturated carbocycles. The van der Waals surface area contributed by atoms with E-state index in [1.165, 1.54) is 0 Å². The molecule has 0 spiro atoms. The lowest BCUT2D eigenvalue weighted by Gasteiger charge is -2.23. The van der Waals surface area contributed by atoms with Crippen molar-refractivity contribution in [2.45, 2.75) is 18.9 Å². The highest BCUT2D eigenvalue weighted by atomic mass is 16.5. The van der Waals surface area contributed by atoms with Gasteiger partial charge >= 0.3 is 5.97 Å². The van der Waals surface area contributed by atoms with Crippen LogP contribution in [0.5, 0.6) is 0 Å². The van der Waals surface area contributed by atoms with E-state index in [-0.39, 0.29) is 13.0 Å². The minimum absolute atomic E-state index is 0.0258. The van der Waals surface area contributed by atoms with Crippen molar-refractivity contribution in [2.24, 2.45) is 0 Å². The minimum atomic E-state index is -1.35. The summed E-state index contributed by atoms with van der Waals surface area (Å²) in [4.78, 5) is 23.7. The van der Waals surface area contributed by atoms with Crippen molar-refractivity contribution >= 4 is 17.5 Å². The van der Waals surface area contributed by atoms with Crippen molar-refractivity contribution in [3.05, 3.63) is 29.7 Å². The van der Waals surface area contributed by atoms with Gasteiger partial charge in [-0.15, -0.1) is 10.2 Å². The third-order valence-electron chi connectivity index (χ3n) is 3.62. The summed E-state index contributed by atoms with van der Waals surface area (Å²) in [6, 6.07) is 3.25. The van der Waals surface area contributed by atoms with Crippen LogP contribution in [0.1, 0.15) is 22.6 Å². The SMILES string of the molecule is Cc1nnc2ccc(C(=O)NC3(C(=O)O)CCOC3)cn12. The Labute approximate surface area is 119 Å². The van der Waals surface area contributed by atoms with E-state index in [1.54, 1.807) is 29.7 Å². The highest BCUT2D eigenvalue weighted by Gasteiger charge is 2.44. The van der Waals surface area contributed by atoms with Crippen LogP contribution in [0.2, 0.25) is 0 Å². The van der Waals surface area contributed by atoms with Gasteiger partial charge in [0.1, 0.15) is 5.82 Å². The second kappa shape index (κ2) is 4.81. The van der Waals surface area contributed by atoms with E-state index in [0.717, 1.165) is 0 Å². The van der Waals surface area contributed by atoms with Gasteiger partial charge in [0.05, 0.1) is 12.2 Å². The van der Waals surface area contributed by atoms with Gasteiger partial charge < -0.3 is 15.2 Å². The lowest BCUT2D eigenvalue weighted by atomic mass is 9.98.